The number of benzene rings is 2. The summed E-state index contributed by atoms with van der Waals surface area (Å²) < 4.78 is 0.843. The molecule has 158 valence electrons. The first-order valence-electron chi connectivity index (χ1n) is 8.88. The van der Waals surface area contributed by atoms with E-state index in [4.69, 9.17) is 5.11 Å². The minimum atomic E-state index is -1.17. The zero-order valence-electron chi connectivity index (χ0n) is 16.1. The predicted molar refractivity (Wildman–Crippen MR) is 117 cm³/mol. The van der Waals surface area contributed by atoms with Gasteiger partial charge in [0.1, 0.15) is 0 Å². The Bertz CT molecular complexity index is 910. The summed E-state index contributed by atoms with van der Waals surface area (Å²) in [5.41, 5.74) is 1.23. The van der Waals surface area contributed by atoms with Crippen LogP contribution in [0.25, 0.3) is 0 Å². The van der Waals surface area contributed by atoms with Gasteiger partial charge in [-0.25, -0.2) is 0 Å². The second-order valence-electron chi connectivity index (χ2n) is 6.05. The molecule has 3 amide bonds. The molecule has 10 heteroatoms. The molecule has 30 heavy (non-hydrogen) atoms. The van der Waals surface area contributed by atoms with Crippen LogP contribution in [0.15, 0.2) is 54.6 Å². The molecule has 0 heterocycles. The molecule has 1 atom stereocenters. The van der Waals surface area contributed by atoms with Gasteiger partial charge in [0.05, 0.1) is 0 Å². The molecule has 0 aliphatic rings. The van der Waals surface area contributed by atoms with E-state index in [1.165, 1.54) is 17.1 Å². The van der Waals surface area contributed by atoms with Crippen molar-refractivity contribution in [1.82, 2.24) is 10.6 Å². The summed E-state index contributed by atoms with van der Waals surface area (Å²) in [4.78, 5) is 46.8. The Morgan fingerprint density at radius 2 is 1.70 bits per heavy atom. The molecular weight excluding hydrogens is 473 g/mol. The third kappa shape index (κ3) is 7.90. The molecule has 0 saturated heterocycles. The second-order valence-corrected chi connectivity index (χ2v) is 10.2. The number of aliphatic carboxylic acids is 1. The van der Waals surface area contributed by atoms with Gasteiger partial charge >= 0.3 is 184 Å². The predicted octanol–water partition coefficient (Wildman–Crippen LogP) is 0.622. The molecule has 0 radical (unpaired) electrons. The molecule has 0 spiro atoms. The van der Waals surface area contributed by atoms with Crippen LogP contribution in [0.5, 0.6) is 0 Å². The van der Waals surface area contributed by atoms with Crippen molar-refractivity contribution in [3.05, 3.63) is 60.2 Å². The van der Waals surface area contributed by atoms with E-state index >= 15 is 0 Å². The second kappa shape index (κ2) is 12.0. The number of hydrogen-bond donors (Lipinski definition) is 4. The molecule has 2 aromatic rings. The SMILES string of the molecule is CC(=O)NC(CS[Se]c1ccccc1C(=O)Nc1ccccc1)C(=O)NCC(=O)O. The van der Waals surface area contributed by atoms with E-state index < -0.39 is 24.5 Å². The number of rotatable bonds is 10. The summed E-state index contributed by atoms with van der Waals surface area (Å²) >= 11 is -0.214. The van der Waals surface area contributed by atoms with Gasteiger partial charge in [-0.1, -0.05) is 0 Å². The van der Waals surface area contributed by atoms with Gasteiger partial charge in [-0.15, -0.1) is 0 Å². The van der Waals surface area contributed by atoms with Crippen LogP contribution in [-0.4, -0.2) is 61.0 Å². The van der Waals surface area contributed by atoms with Crippen molar-refractivity contribution in [1.29, 1.82) is 0 Å². The van der Waals surface area contributed by atoms with E-state index in [0.29, 0.717) is 11.3 Å². The third-order valence-corrected chi connectivity index (χ3v) is 7.90. The van der Waals surface area contributed by atoms with Crippen LogP contribution in [0, 0.1) is 0 Å². The van der Waals surface area contributed by atoms with E-state index in [2.05, 4.69) is 16.0 Å². The fraction of sp³-hybridized carbons (Fsp3) is 0.200. The van der Waals surface area contributed by atoms with Crippen molar-refractivity contribution < 1.29 is 24.3 Å². The van der Waals surface area contributed by atoms with Crippen molar-refractivity contribution >= 4 is 57.9 Å². The van der Waals surface area contributed by atoms with E-state index in [1.807, 2.05) is 30.3 Å². The summed E-state index contributed by atoms with van der Waals surface area (Å²) in [6.07, 6.45) is 0. The molecule has 2 aromatic carbocycles. The van der Waals surface area contributed by atoms with Gasteiger partial charge in [-0.2, -0.15) is 0 Å². The van der Waals surface area contributed by atoms with E-state index in [0.717, 1.165) is 4.46 Å². The van der Waals surface area contributed by atoms with Gasteiger partial charge in [0.2, 0.25) is 0 Å². The van der Waals surface area contributed by atoms with Gasteiger partial charge in [0, 0.05) is 0 Å². The zero-order chi connectivity index (χ0) is 21.9. The molecule has 0 aromatic heterocycles. The number of para-hydroxylation sites is 1. The average molecular weight is 494 g/mol. The van der Waals surface area contributed by atoms with E-state index in [9.17, 15) is 19.2 Å². The molecule has 0 bridgehead atoms. The zero-order valence-corrected chi connectivity index (χ0v) is 18.6. The van der Waals surface area contributed by atoms with Gasteiger partial charge in [0.15, 0.2) is 0 Å². The number of hydrogen-bond acceptors (Lipinski definition) is 5. The van der Waals surface area contributed by atoms with Crippen molar-refractivity contribution in [2.24, 2.45) is 0 Å². The Balaban J connectivity index is 2.00. The van der Waals surface area contributed by atoms with E-state index in [-0.39, 0.29) is 31.4 Å². The van der Waals surface area contributed by atoms with Gasteiger partial charge in [0.25, 0.3) is 0 Å². The standard InChI is InChI=1S/C20H21N3O5SSe/c1-13(24)22-16(20(28)21-11-18(25)26)12-29-30-17-10-6-5-9-15(17)19(27)23-14-7-3-2-4-8-14/h2-10,16H,11-12H2,1H3,(H,21,28)(H,22,24)(H,23,27)(H,25,26). The first kappa shape index (κ1) is 23.5. The van der Waals surface area contributed by atoms with Crippen LogP contribution in [0.4, 0.5) is 5.69 Å². The first-order valence-corrected chi connectivity index (χ1v) is 12.7. The topological polar surface area (TPSA) is 125 Å². The van der Waals surface area contributed by atoms with Crippen molar-refractivity contribution in [3.8, 4) is 0 Å². The fourth-order valence-corrected chi connectivity index (χ4v) is 6.54. The number of carbonyl (C=O) groups excluding carboxylic acids is 3. The van der Waals surface area contributed by atoms with Crippen molar-refractivity contribution in [3.63, 3.8) is 0 Å². The Morgan fingerprint density at radius 3 is 2.37 bits per heavy atom. The number of carboxylic acid groups (broad SMARTS) is 1. The third-order valence-electron chi connectivity index (χ3n) is 3.65. The first-order chi connectivity index (χ1) is 14.4. The molecular formula is C20H21N3O5SSe. The normalized spacial score (nSPS) is 11.2. The molecule has 1 unspecified atom stereocenters. The summed E-state index contributed by atoms with van der Waals surface area (Å²) in [7, 11) is 1.42. The Labute approximate surface area is 183 Å². The molecule has 0 aliphatic carbocycles. The van der Waals surface area contributed by atoms with Gasteiger partial charge in [-0.05, 0) is 0 Å². The summed E-state index contributed by atoms with van der Waals surface area (Å²) in [5, 5.41) is 16.3. The molecule has 0 fully saturated rings. The minimum absolute atomic E-state index is 0.214. The maximum absolute atomic E-state index is 12.6. The molecule has 8 nitrogen and oxygen atoms in total. The molecule has 0 aliphatic heterocycles. The van der Waals surface area contributed by atoms with Gasteiger partial charge < -0.3 is 0 Å². The van der Waals surface area contributed by atoms with Crippen LogP contribution in [0.2, 0.25) is 0 Å². The Hall–Kier alpha value is -2.81. The summed E-state index contributed by atoms with van der Waals surface area (Å²) in [6.45, 7) is 0.768. The number of nitrogens with one attached hydrogen (secondary N) is 3. The Kier molecular flexibility index (Phi) is 9.40. The van der Waals surface area contributed by atoms with Crippen LogP contribution >= 0.6 is 10.2 Å². The van der Waals surface area contributed by atoms with E-state index in [1.54, 1.807) is 24.3 Å². The monoisotopic (exact) mass is 495 g/mol. The maximum atomic E-state index is 12.6. The quantitative estimate of drug-likeness (QED) is 0.359. The number of amides is 3. The van der Waals surface area contributed by atoms with Crippen molar-refractivity contribution in [2.75, 3.05) is 17.6 Å². The molecule has 4 N–H and O–H groups in total. The average Bonchev–Trinajstić information content (AvgIpc) is 2.72. The summed E-state index contributed by atoms with van der Waals surface area (Å²) in [6, 6.07) is 15.5. The van der Waals surface area contributed by atoms with Crippen LogP contribution in [0.3, 0.4) is 0 Å². The molecule has 0 saturated carbocycles. The fourth-order valence-electron chi connectivity index (χ4n) is 2.33. The van der Waals surface area contributed by atoms with Gasteiger partial charge in [-0.3, -0.25) is 0 Å². The van der Waals surface area contributed by atoms with Crippen LogP contribution in [0.1, 0.15) is 17.3 Å². The van der Waals surface area contributed by atoms with Crippen molar-refractivity contribution in [2.45, 2.75) is 13.0 Å². The number of carboxylic acids is 1. The molecule has 2 rings (SSSR count). The Morgan fingerprint density at radius 1 is 1.03 bits per heavy atom. The summed E-state index contributed by atoms with van der Waals surface area (Å²) in [5.74, 6) is -2.09. The number of carbonyl (C=O) groups is 4. The van der Waals surface area contributed by atoms with Crippen LogP contribution < -0.4 is 20.4 Å². The number of anilines is 1. The van der Waals surface area contributed by atoms with Crippen LogP contribution in [-0.2, 0) is 14.4 Å².